The SMILES string of the molecule is CC(N)CCCC(C)CN1CCCN(C)CC1. The second-order valence-electron chi connectivity index (χ2n) is 5.97. The van der Waals surface area contributed by atoms with E-state index in [9.17, 15) is 0 Å². The van der Waals surface area contributed by atoms with Gasteiger partial charge in [-0.3, -0.25) is 0 Å². The zero-order valence-corrected chi connectivity index (χ0v) is 12.0. The topological polar surface area (TPSA) is 32.5 Å². The fourth-order valence-electron chi connectivity index (χ4n) is 2.60. The summed E-state index contributed by atoms with van der Waals surface area (Å²) in [5, 5.41) is 0. The Hall–Kier alpha value is -0.120. The van der Waals surface area contributed by atoms with Crippen LogP contribution < -0.4 is 5.73 Å². The minimum absolute atomic E-state index is 0.369. The predicted molar refractivity (Wildman–Crippen MR) is 75.2 cm³/mol. The lowest BCUT2D eigenvalue weighted by atomic mass is 10.0. The molecule has 0 spiro atoms. The molecule has 2 N–H and O–H groups in total. The molecule has 0 bridgehead atoms. The van der Waals surface area contributed by atoms with E-state index in [1.807, 2.05) is 0 Å². The predicted octanol–water partition coefficient (Wildman–Crippen LogP) is 1.78. The van der Waals surface area contributed by atoms with Gasteiger partial charge in [-0.15, -0.1) is 0 Å². The molecule has 0 aromatic heterocycles. The number of hydrogen-bond donors (Lipinski definition) is 1. The highest BCUT2D eigenvalue weighted by atomic mass is 15.2. The molecule has 2 atom stereocenters. The zero-order valence-electron chi connectivity index (χ0n) is 12.0. The average Bonchev–Trinajstić information content (AvgIpc) is 2.43. The Morgan fingerprint density at radius 3 is 2.53 bits per heavy atom. The van der Waals surface area contributed by atoms with Gasteiger partial charge in [0.25, 0.3) is 0 Å². The lowest BCUT2D eigenvalue weighted by Crippen LogP contribution is -2.32. The van der Waals surface area contributed by atoms with Crippen LogP contribution in [0.25, 0.3) is 0 Å². The standard InChI is InChI=1S/C14H31N3/c1-13(6-4-7-14(2)15)12-17-9-5-8-16(3)10-11-17/h13-14H,4-12,15H2,1-3H3. The molecule has 102 valence electrons. The summed E-state index contributed by atoms with van der Waals surface area (Å²) in [6.07, 6.45) is 5.11. The minimum atomic E-state index is 0.369. The Kier molecular flexibility index (Phi) is 7.09. The van der Waals surface area contributed by atoms with Crippen LogP contribution in [-0.2, 0) is 0 Å². The summed E-state index contributed by atoms with van der Waals surface area (Å²) in [7, 11) is 2.23. The summed E-state index contributed by atoms with van der Waals surface area (Å²) in [4.78, 5) is 5.08. The Morgan fingerprint density at radius 2 is 1.82 bits per heavy atom. The molecule has 0 aromatic rings. The van der Waals surface area contributed by atoms with E-state index >= 15 is 0 Å². The van der Waals surface area contributed by atoms with Crippen LogP contribution in [0.15, 0.2) is 0 Å². The molecule has 3 heteroatoms. The van der Waals surface area contributed by atoms with Crippen molar-refractivity contribution in [3.8, 4) is 0 Å². The number of hydrogen-bond acceptors (Lipinski definition) is 3. The molecule has 1 rings (SSSR count). The van der Waals surface area contributed by atoms with Crippen molar-refractivity contribution >= 4 is 0 Å². The van der Waals surface area contributed by atoms with E-state index < -0.39 is 0 Å². The molecule has 1 fully saturated rings. The number of nitrogens with two attached hydrogens (primary N) is 1. The van der Waals surface area contributed by atoms with E-state index in [0.717, 1.165) is 5.92 Å². The lowest BCUT2D eigenvalue weighted by Gasteiger charge is -2.24. The number of likely N-dealkylation sites (N-methyl/N-ethyl adjacent to an activating group) is 1. The van der Waals surface area contributed by atoms with Crippen molar-refractivity contribution < 1.29 is 0 Å². The maximum atomic E-state index is 5.78. The molecule has 1 aliphatic heterocycles. The third kappa shape index (κ3) is 7.02. The molecule has 0 amide bonds. The van der Waals surface area contributed by atoms with Gasteiger partial charge in [-0.1, -0.05) is 13.3 Å². The Morgan fingerprint density at radius 1 is 1.06 bits per heavy atom. The summed E-state index contributed by atoms with van der Waals surface area (Å²) < 4.78 is 0. The van der Waals surface area contributed by atoms with E-state index in [1.165, 1.54) is 58.4 Å². The average molecular weight is 241 g/mol. The van der Waals surface area contributed by atoms with E-state index in [-0.39, 0.29) is 0 Å². The van der Waals surface area contributed by atoms with Crippen LogP contribution in [0.5, 0.6) is 0 Å². The van der Waals surface area contributed by atoms with Crippen LogP contribution in [0.4, 0.5) is 0 Å². The summed E-state index contributed by atoms with van der Waals surface area (Å²) >= 11 is 0. The summed E-state index contributed by atoms with van der Waals surface area (Å²) in [6.45, 7) is 10.8. The molecule has 0 aliphatic carbocycles. The Bertz CT molecular complexity index is 194. The van der Waals surface area contributed by atoms with Crippen LogP contribution in [0.1, 0.15) is 39.5 Å². The third-order valence-corrected chi connectivity index (χ3v) is 3.74. The normalized spacial score (nSPS) is 23.3. The first-order valence-corrected chi connectivity index (χ1v) is 7.24. The van der Waals surface area contributed by atoms with Crippen molar-refractivity contribution in [2.24, 2.45) is 11.7 Å². The van der Waals surface area contributed by atoms with E-state index in [0.29, 0.717) is 6.04 Å². The van der Waals surface area contributed by atoms with Gasteiger partial charge in [0.2, 0.25) is 0 Å². The smallest absolute Gasteiger partial charge is 0.0109 e. The van der Waals surface area contributed by atoms with Gasteiger partial charge in [-0.25, -0.2) is 0 Å². The maximum Gasteiger partial charge on any atom is 0.0109 e. The third-order valence-electron chi connectivity index (χ3n) is 3.74. The van der Waals surface area contributed by atoms with Gasteiger partial charge >= 0.3 is 0 Å². The van der Waals surface area contributed by atoms with Gasteiger partial charge in [0, 0.05) is 25.7 Å². The summed E-state index contributed by atoms with van der Waals surface area (Å²) in [6, 6.07) is 0.369. The molecule has 1 aliphatic rings. The first-order valence-electron chi connectivity index (χ1n) is 7.24. The monoisotopic (exact) mass is 241 g/mol. The van der Waals surface area contributed by atoms with E-state index in [1.54, 1.807) is 0 Å². The molecule has 2 unspecified atom stereocenters. The highest BCUT2D eigenvalue weighted by Crippen LogP contribution is 2.12. The lowest BCUT2D eigenvalue weighted by molar-refractivity contribution is 0.234. The second kappa shape index (κ2) is 8.06. The first-order chi connectivity index (χ1) is 8.08. The van der Waals surface area contributed by atoms with Crippen LogP contribution in [0.2, 0.25) is 0 Å². The van der Waals surface area contributed by atoms with Crippen LogP contribution in [-0.4, -0.2) is 55.6 Å². The summed E-state index contributed by atoms with van der Waals surface area (Å²) in [5.74, 6) is 0.817. The van der Waals surface area contributed by atoms with Crippen LogP contribution in [0, 0.1) is 5.92 Å². The van der Waals surface area contributed by atoms with Gasteiger partial charge in [-0.05, 0) is 52.2 Å². The fraction of sp³-hybridized carbons (Fsp3) is 1.00. The van der Waals surface area contributed by atoms with Crippen molar-refractivity contribution in [1.82, 2.24) is 9.80 Å². The molecule has 17 heavy (non-hydrogen) atoms. The van der Waals surface area contributed by atoms with Crippen molar-refractivity contribution in [2.45, 2.75) is 45.6 Å². The molecule has 1 saturated heterocycles. The molecule has 0 aromatic carbocycles. The van der Waals surface area contributed by atoms with Gasteiger partial charge in [0.05, 0.1) is 0 Å². The molecular weight excluding hydrogens is 210 g/mol. The van der Waals surface area contributed by atoms with Crippen molar-refractivity contribution in [3.05, 3.63) is 0 Å². The maximum absolute atomic E-state index is 5.78. The molecule has 1 heterocycles. The Balaban J connectivity index is 2.14. The number of nitrogens with zero attached hydrogens (tertiary/aromatic N) is 2. The summed E-state index contributed by atoms with van der Waals surface area (Å²) in [5.41, 5.74) is 5.78. The molecule has 0 saturated carbocycles. The first kappa shape index (κ1) is 14.9. The van der Waals surface area contributed by atoms with Crippen molar-refractivity contribution in [1.29, 1.82) is 0 Å². The quantitative estimate of drug-likeness (QED) is 0.769. The largest absolute Gasteiger partial charge is 0.328 e. The zero-order chi connectivity index (χ0) is 12.7. The number of rotatable bonds is 6. The van der Waals surface area contributed by atoms with Crippen molar-refractivity contribution in [2.75, 3.05) is 39.8 Å². The second-order valence-corrected chi connectivity index (χ2v) is 5.97. The van der Waals surface area contributed by atoms with Crippen molar-refractivity contribution in [3.63, 3.8) is 0 Å². The highest BCUT2D eigenvalue weighted by Gasteiger charge is 2.14. The Labute approximate surface area is 107 Å². The van der Waals surface area contributed by atoms with E-state index in [4.69, 9.17) is 5.73 Å². The minimum Gasteiger partial charge on any atom is -0.328 e. The van der Waals surface area contributed by atoms with Gasteiger partial charge in [-0.2, -0.15) is 0 Å². The van der Waals surface area contributed by atoms with Gasteiger partial charge < -0.3 is 15.5 Å². The van der Waals surface area contributed by atoms with Gasteiger partial charge in [0.1, 0.15) is 0 Å². The molecule has 0 radical (unpaired) electrons. The van der Waals surface area contributed by atoms with Crippen LogP contribution in [0.3, 0.4) is 0 Å². The highest BCUT2D eigenvalue weighted by molar-refractivity contribution is 4.70. The molecule has 3 nitrogen and oxygen atoms in total. The van der Waals surface area contributed by atoms with Gasteiger partial charge in [0.15, 0.2) is 0 Å². The molecular formula is C14H31N3. The van der Waals surface area contributed by atoms with E-state index in [2.05, 4.69) is 30.7 Å². The van der Waals surface area contributed by atoms with Crippen LogP contribution >= 0.6 is 0 Å². The fourth-order valence-corrected chi connectivity index (χ4v) is 2.60.